The van der Waals surface area contributed by atoms with Crippen LogP contribution in [0.5, 0.6) is 0 Å². The van der Waals surface area contributed by atoms with Crippen LogP contribution in [-0.4, -0.2) is 23.3 Å². The van der Waals surface area contributed by atoms with Gasteiger partial charge in [0.15, 0.2) is 0 Å². The van der Waals surface area contributed by atoms with Crippen molar-refractivity contribution in [3.63, 3.8) is 0 Å². The molecule has 0 aromatic heterocycles. The summed E-state index contributed by atoms with van der Waals surface area (Å²) in [6, 6.07) is 4.13. The van der Waals surface area contributed by atoms with Crippen LogP contribution in [0.3, 0.4) is 0 Å². The number of hydrogen-bond donors (Lipinski definition) is 1. The van der Waals surface area contributed by atoms with E-state index in [1.165, 1.54) is 18.2 Å². The van der Waals surface area contributed by atoms with Crippen molar-refractivity contribution in [3.8, 4) is 0 Å². The number of anilines is 1. The fourth-order valence-electron chi connectivity index (χ4n) is 1.51. The number of imide groups is 1. The van der Waals surface area contributed by atoms with Crippen LogP contribution in [0.1, 0.15) is 20.7 Å². The largest absolute Gasteiger partial charge is 0.398 e. The molecule has 1 aliphatic heterocycles. The van der Waals surface area contributed by atoms with Crippen LogP contribution in [0.2, 0.25) is 0 Å². The van der Waals surface area contributed by atoms with Crippen molar-refractivity contribution in [1.82, 2.24) is 4.90 Å². The molecule has 1 aromatic rings. The SMILES string of the molecule is Nc1cccc2c1C(=O)N(C(F)F)C2=O. The lowest BCUT2D eigenvalue weighted by Crippen LogP contribution is -2.34. The third-order valence-corrected chi connectivity index (χ3v) is 2.17. The molecule has 0 unspecified atom stereocenters. The summed E-state index contributed by atoms with van der Waals surface area (Å²) < 4.78 is 24.8. The van der Waals surface area contributed by atoms with Crippen LogP contribution in [0.15, 0.2) is 18.2 Å². The van der Waals surface area contributed by atoms with Gasteiger partial charge in [0, 0.05) is 5.69 Å². The Kier molecular flexibility index (Phi) is 1.92. The highest BCUT2D eigenvalue weighted by Crippen LogP contribution is 2.29. The maximum absolute atomic E-state index is 12.4. The number of nitrogens with two attached hydrogens (primary N) is 1. The highest BCUT2D eigenvalue weighted by molar-refractivity contribution is 6.23. The van der Waals surface area contributed by atoms with Crippen molar-refractivity contribution in [2.45, 2.75) is 6.55 Å². The molecule has 0 bridgehead atoms. The van der Waals surface area contributed by atoms with Gasteiger partial charge in [-0.3, -0.25) is 9.59 Å². The van der Waals surface area contributed by atoms with Crippen molar-refractivity contribution < 1.29 is 18.4 Å². The molecule has 0 aliphatic carbocycles. The van der Waals surface area contributed by atoms with Crippen LogP contribution < -0.4 is 5.73 Å². The zero-order valence-electron chi connectivity index (χ0n) is 7.41. The van der Waals surface area contributed by atoms with Crippen LogP contribution >= 0.6 is 0 Å². The average molecular weight is 212 g/mol. The van der Waals surface area contributed by atoms with E-state index in [2.05, 4.69) is 0 Å². The number of carbonyl (C=O) groups excluding carboxylic acids is 2. The molecule has 0 atom stereocenters. The molecule has 2 rings (SSSR count). The summed E-state index contributed by atoms with van der Waals surface area (Å²) in [4.78, 5) is 22.7. The van der Waals surface area contributed by atoms with E-state index < -0.39 is 18.4 Å². The monoisotopic (exact) mass is 212 g/mol. The third-order valence-electron chi connectivity index (χ3n) is 2.17. The van der Waals surface area contributed by atoms with Gasteiger partial charge < -0.3 is 5.73 Å². The van der Waals surface area contributed by atoms with Crippen LogP contribution in [0, 0.1) is 0 Å². The molecule has 0 saturated heterocycles. The zero-order chi connectivity index (χ0) is 11.2. The molecule has 1 heterocycles. The third kappa shape index (κ3) is 1.18. The van der Waals surface area contributed by atoms with Crippen molar-refractivity contribution in [2.24, 2.45) is 0 Å². The normalized spacial score (nSPS) is 15.0. The van der Waals surface area contributed by atoms with E-state index in [1.54, 1.807) is 0 Å². The molecule has 0 spiro atoms. The van der Waals surface area contributed by atoms with Gasteiger partial charge in [0.2, 0.25) is 0 Å². The second-order valence-corrected chi connectivity index (χ2v) is 3.03. The summed E-state index contributed by atoms with van der Waals surface area (Å²) in [5.74, 6) is -2.04. The van der Waals surface area contributed by atoms with Crippen molar-refractivity contribution in [1.29, 1.82) is 0 Å². The molecule has 2 amide bonds. The summed E-state index contributed by atoms with van der Waals surface area (Å²) in [6.45, 7) is -3.14. The van der Waals surface area contributed by atoms with Crippen molar-refractivity contribution in [2.75, 3.05) is 5.73 Å². The molecular weight excluding hydrogens is 206 g/mol. The number of halogens is 2. The molecule has 0 saturated carbocycles. The minimum Gasteiger partial charge on any atom is -0.398 e. The lowest BCUT2D eigenvalue weighted by atomic mass is 10.1. The highest BCUT2D eigenvalue weighted by atomic mass is 19.3. The number of alkyl halides is 2. The zero-order valence-corrected chi connectivity index (χ0v) is 7.41. The van der Waals surface area contributed by atoms with E-state index in [4.69, 9.17) is 5.73 Å². The van der Waals surface area contributed by atoms with Gasteiger partial charge >= 0.3 is 6.55 Å². The standard InChI is InChI=1S/C9H6F2N2O2/c10-9(11)13-7(14)4-2-1-3-5(12)6(4)8(13)15/h1-3,9H,12H2. The maximum atomic E-state index is 12.4. The van der Waals surface area contributed by atoms with Gasteiger partial charge in [0.25, 0.3) is 11.8 Å². The number of hydrogen-bond acceptors (Lipinski definition) is 3. The summed E-state index contributed by atoms with van der Waals surface area (Å²) in [5.41, 5.74) is 5.27. The minimum absolute atomic E-state index is 0.0361. The summed E-state index contributed by atoms with van der Waals surface area (Å²) in [6.07, 6.45) is 0. The molecule has 0 fully saturated rings. The molecule has 15 heavy (non-hydrogen) atoms. The number of nitrogen functional groups attached to an aromatic ring is 1. The topological polar surface area (TPSA) is 63.4 Å². The van der Waals surface area contributed by atoms with E-state index in [-0.39, 0.29) is 21.7 Å². The Morgan fingerprint density at radius 2 is 1.87 bits per heavy atom. The Labute approximate surface area is 83.3 Å². The van der Waals surface area contributed by atoms with Gasteiger partial charge in [-0.05, 0) is 12.1 Å². The Bertz CT molecular complexity index is 459. The van der Waals surface area contributed by atoms with E-state index in [0.717, 1.165) is 0 Å². The first-order valence-corrected chi connectivity index (χ1v) is 4.08. The fraction of sp³-hybridized carbons (Fsp3) is 0.111. The molecule has 2 N–H and O–H groups in total. The van der Waals surface area contributed by atoms with Crippen LogP contribution in [0.4, 0.5) is 14.5 Å². The second kappa shape index (κ2) is 3.01. The van der Waals surface area contributed by atoms with Crippen LogP contribution in [-0.2, 0) is 0 Å². The van der Waals surface area contributed by atoms with Crippen LogP contribution in [0.25, 0.3) is 0 Å². The average Bonchev–Trinajstić information content (AvgIpc) is 2.40. The lowest BCUT2D eigenvalue weighted by Gasteiger charge is -2.10. The number of rotatable bonds is 1. The summed E-state index contributed by atoms with van der Waals surface area (Å²) in [7, 11) is 0. The molecule has 4 nitrogen and oxygen atoms in total. The highest BCUT2D eigenvalue weighted by Gasteiger charge is 2.41. The minimum atomic E-state index is -3.14. The molecule has 6 heteroatoms. The first-order valence-electron chi connectivity index (χ1n) is 4.08. The second-order valence-electron chi connectivity index (χ2n) is 3.03. The quantitative estimate of drug-likeness (QED) is 0.430. The first-order chi connectivity index (χ1) is 7.04. The maximum Gasteiger partial charge on any atom is 0.324 e. The Morgan fingerprint density at radius 3 is 2.40 bits per heavy atom. The predicted molar refractivity (Wildman–Crippen MR) is 47.4 cm³/mol. The Hall–Kier alpha value is -1.98. The molecule has 1 aliphatic rings. The molecule has 1 aromatic carbocycles. The molecule has 78 valence electrons. The van der Waals surface area contributed by atoms with Gasteiger partial charge in [0.05, 0.1) is 11.1 Å². The number of nitrogens with zero attached hydrogens (tertiary/aromatic N) is 1. The van der Waals surface area contributed by atoms with Gasteiger partial charge in [-0.15, -0.1) is 0 Å². The fourth-order valence-corrected chi connectivity index (χ4v) is 1.51. The number of amides is 2. The van der Waals surface area contributed by atoms with E-state index in [1.807, 2.05) is 0 Å². The Morgan fingerprint density at radius 1 is 1.20 bits per heavy atom. The van der Waals surface area contributed by atoms with Gasteiger partial charge in [-0.2, -0.15) is 8.78 Å². The lowest BCUT2D eigenvalue weighted by molar-refractivity contribution is -0.00299. The van der Waals surface area contributed by atoms with Crippen molar-refractivity contribution >= 4 is 17.5 Å². The van der Waals surface area contributed by atoms with Gasteiger partial charge in [0.1, 0.15) is 0 Å². The van der Waals surface area contributed by atoms with E-state index in [9.17, 15) is 18.4 Å². The van der Waals surface area contributed by atoms with Gasteiger partial charge in [-0.25, -0.2) is 4.90 Å². The smallest absolute Gasteiger partial charge is 0.324 e. The van der Waals surface area contributed by atoms with E-state index >= 15 is 0 Å². The van der Waals surface area contributed by atoms with Crippen molar-refractivity contribution in [3.05, 3.63) is 29.3 Å². The first kappa shape index (κ1) is 9.57. The number of fused-ring (bicyclic) bond motifs is 1. The summed E-state index contributed by atoms with van der Waals surface area (Å²) >= 11 is 0. The van der Waals surface area contributed by atoms with Gasteiger partial charge in [-0.1, -0.05) is 6.07 Å². The number of carbonyl (C=O) groups is 2. The summed E-state index contributed by atoms with van der Waals surface area (Å²) in [5, 5.41) is 0. The molecular formula is C9H6F2N2O2. The Balaban J connectivity index is 2.61. The molecule has 0 radical (unpaired) electrons. The number of benzene rings is 1. The predicted octanol–water partition coefficient (Wildman–Crippen LogP) is 1.09. The van der Waals surface area contributed by atoms with E-state index in [0.29, 0.717) is 0 Å².